The smallest absolute Gasteiger partial charge is 0.166 e. The van der Waals surface area contributed by atoms with Gasteiger partial charge in [-0.05, 0) is 17.7 Å². The number of halogens is 3. The van der Waals surface area contributed by atoms with E-state index in [0.29, 0.717) is 0 Å². The van der Waals surface area contributed by atoms with Gasteiger partial charge in [0.1, 0.15) is 0 Å². The van der Waals surface area contributed by atoms with Crippen molar-refractivity contribution < 1.29 is 13.2 Å². The van der Waals surface area contributed by atoms with Crippen LogP contribution < -0.4 is 0 Å². The van der Waals surface area contributed by atoms with Crippen molar-refractivity contribution in [2.75, 3.05) is 0 Å². The summed E-state index contributed by atoms with van der Waals surface area (Å²) < 4.78 is 36.9. The van der Waals surface area contributed by atoms with Crippen LogP contribution in [0.4, 0.5) is 13.2 Å². The average Bonchev–Trinajstić information content (AvgIpc) is 2.13. The Balaban J connectivity index is 2.85. The van der Waals surface area contributed by atoms with Crippen LogP contribution >= 0.6 is 0 Å². The van der Waals surface area contributed by atoms with Crippen LogP contribution in [-0.4, -0.2) is 8.07 Å². The van der Waals surface area contributed by atoms with Gasteiger partial charge in [0.25, 0.3) is 0 Å². The molecule has 0 atom stereocenters. The molecule has 0 fully saturated rings. The van der Waals surface area contributed by atoms with Gasteiger partial charge in [-0.15, -0.1) is 0 Å². The maximum Gasteiger partial charge on any atom is 0.416 e. The first-order chi connectivity index (χ1) is 7.18. The summed E-state index contributed by atoms with van der Waals surface area (Å²) in [7, 11) is -1.29. The van der Waals surface area contributed by atoms with Gasteiger partial charge in [-0.2, -0.15) is 13.2 Å². The van der Waals surface area contributed by atoms with E-state index >= 15 is 0 Å². The lowest BCUT2D eigenvalue weighted by Gasteiger charge is -2.09. The molecule has 4 heteroatoms. The lowest BCUT2D eigenvalue weighted by molar-refractivity contribution is -0.137. The summed E-state index contributed by atoms with van der Waals surface area (Å²) in [5, 5.41) is 0. The van der Waals surface area contributed by atoms with Gasteiger partial charge in [-0.3, -0.25) is 0 Å². The molecule has 1 aromatic carbocycles. The van der Waals surface area contributed by atoms with Crippen molar-refractivity contribution in [3.05, 3.63) is 41.1 Å². The fourth-order valence-electron chi connectivity index (χ4n) is 1.13. The molecular formula is C12H15F3Si. The van der Waals surface area contributed by atoms with Gasteiger partial charge in [0, 0.05) is 0 Å². The molecule has 0 aromatic heterocycles. The molecule has 0 N–H and O–H groups in total. The minimum absolute atomic E-state index is 0.599. The van der Waals surface area contributed by atoms with Crippen LogP contribution in [0.5, 0.6) is 0 Å². The van der Waals surface area contributed by atoms with Gasteiger partial charge in [0.2, 0.25) is 0 Å². The van der Waals surface area contributed by atoms with Crippen molar-refractivity contribution >= 4 is 14.1 Å². The molecule has 0 spiro atoms. The van der Waals surface area contributed by atoms with Gasteiger partial charge < -0.3 is 0 Å². The van der Waals surface area contributed by atoms with E-state index < -0.39 is 19.8 Å². The molecule has 0 saturated heterocycles. The molecule has 0 aliphatic carbocycles. The highest BCUT2D eigenvalue weighted by Gasteiger charge is 2.29. The Morgan fingerprint density at radius 3 is 1.88 bits per heavy atom. The van der Waals surface area contributed by atoms with Crippen LogP contribution in [0, 0.1) is 0 Å². The molecule has 0 heterocycles. The summed E-state index contributed by atoms with van der Waals surface area (Å²) in [6.45, 7) is 6.52. The van der Waals surface area contributed by atoms with E-state index in [1.807, 2.05) is 6.08 Å². The van der Waals surface area contributed by atoms with E-state index in [9.17, 15) is 13.2 Å². The zero-order valence-corrected chi connectivity index (χ0v) is 10.6. The Morgan fingerprint density at radius 2 is 1.50 bits per heavy atom. The summed E-state index contributed by atoms with van der Waals surface area (Å²) >= 11 is 0. The second-order valence-electron chi connectivity index (χ2n) is 4.82. The molecule has 0 radical (unpaired) electrons. The van der Waals surface area contributed by atoms with Gasteiger partial charge in [0.15, 0.2) is 0 Å². The topological polar surface area (TPSA) is 0 Å². The standard InChI is InChI=1S/C12H15F3Si/c1-16(2,3)9-8-10-4-6-11(7-5-10)12(13,14)15/h4-9H,1-3H3/b9-8+. The van der Waals surface area contributed by atoms with E-state index in [1.54, 1.807) is 0 Å². The summed E-state index contributed by atoms with van der Waals surface area (Å²) in [6, 6.07) is 5.23. The lowest BCUT2D eigenvalue weighted by atomic mass is 10.1. The van der Waals surface area contributed by atoms with Crippen molar-refractivity contribution in [1.82, 2.24) is 0 Å². The molecule has 0 bridgehead atoms. The molecule has 0 saturated carbocycles. The Morgan fingerprint density at radius 1 is 1.00 bits per heavy atom. The van der Waals surface area contributed by atoms with Gasteiger partial charge in [-0.1, -0.05) is 43.5 Å². The molecule has 88 valence electrons. The predicted octanol–water partition coefficient (Wildman–Crippen LogP) is 4.60. The maximum atomic E-state index is 12.3. The van der Waals surface area contributed by atoms with E-state index in [-0.39, 0.29) is 0 Å². The fraction of sp³-hybridized carbons (Fsp3) is 0.333. The quantitative estimate of drug-likeness (QED) is 0.667. The van der Waals surface area contributed by atoms with Crippen LogP contribution in [0.25, 0.3) is 6.08 Å². The minimum atomic E-state index is -4.25. The molecule has 0 aliphatic rings. The number of hydrogen-bond acceptors (Lipinski definition) is 0. The zero-order valence-electron chi connectivity index (χ0n) is 9.60. The van der Waals surface area contributed by atoms with E-state index in [4.69, 9.17) is 0 Å². The van der Waals surface area contributed by atoms with Gasteiger partial charge in [0.05, 0.1) is 13.6 Å². The Kier molecular flexibility index (Phi) is 3.63. The van der Waals surface area contributed by atoms with Gasteiger partial charge in [-0.25, -0.2) is 0 Å². The summed E-state index contributed by atoms with van der Waals surface area (Å²) in [6.07, 6.45) is -2.35. The fourth-order valence-corrected chi connectivity index (χ4v) is 1.82. The highest BCUT2D eigenvalue weighted by molar-refractivity contribution is 6.81. The van der Waals surface area contributed by atoms with Crippen LogP contribution in [0.2, 0.25) is 19.6 Å². The summed E-state index contributed by atoms with van der Waals surface area (Å²) in [4.78, 5) is 0. The van der Waals surface area contributed by atoms with Crippen LogP contribution in [0.15, 0.2) is 30.0 Å². The predicted molar refractivity (Wildman–Crippen MR) is 63.8 cm³/mol. The largest absolute Gasteiger partial charge is 0.416 e. The monoisotopic (exact) mass is 244 g/mol. The molecule has 0 nitrogen and oxygen atoms in total. The molecule has 1 aromatic rings. The first-order valence-corrected chi connectivity index (χ1v) is 8.63. The average molecular weight is 244 g/mol. The first kappa shape index (κ1) is 13.0. The first-order valence-electron chi connectivity index (χ1n) is 5.05. The summed E-state index contributed by atoms with van der Waals surface area (Å²) in [5.41, 5.74) is 2.32. The molecule has 0 aliphatic heterocycles. The minimum Gasteiger partial charge on any atom is -0.166 e. The second kappa shape index (κ2) is 4.45. The molecule has 1 rings (SSSR count). The third-order valence-electron chi connectivity index (χ3n) is 2.01. The Hall–Kier alpha value is -1.03. The SMILES string of the molecule is C[Si](C)(C)/C=C/c1ccc(C(F)(F)F)cc1. The molecule has 0 amide bonds. The lowest BCUT2D eigenvalue weighted by Crippen LogP contribution is -2.15. The van der Waals surface area contributed by atoms with Crippen LogP contribution in [-0.2, 0) is 6.18 Å². The second-order valence-corrected chi connectivity index (χ2v) is 9.88. The maximum absolute atomic E-state index is 12.3. The van der Waals surface area contributed by atoms with Gasteiger partial charge >= 0.3 is 6.18 Å². The van der Waals surface area contributed by atoms with Crippen molar-refractivity contribution in [1.29, 1.82) is 0 Å². The summed E-state index contributed by atoms with van der Waals surface area (Å²) in [5.74, 6) is 0. The number of alkyl halides is 3. The number of hydrogen-bond donors (Lipinski definition) is 0. The molecule has 0 unspecified atom stereocenters. The molecular weight excluding hydrogens is 229 g/mol. The van der Waals surface area contributed by atoms with Crippen LogP contribution in [0.3, 0.4) is 0 Å². The molecule has 16 heavy (non-hydrogen) atoms. The van der Waals surface area contributed by atoms with E-state index in [1.165, 1.54) is 12.1 Å². The third kappa shape index (κ3) is 4.22. The van der Waals surface area contributed by atoms with Crippen molar-refractivity contribution in [2.45, 2.75) is 25.8 Å². The number of benzene rings is 1. The van der Waals surface area contributed by atoms with Crippen molar-refractivity contribution in [2.24, 2.45) is 0 Å². The highest BCUT2D eigenvalue weighted by atomic mass is 28.3. The Bertz CT molecular complexity index is 369. The number of rotatable bonds is 2. The normalized spacial score (nSPS) is 13.4. The van der Waals surface area contributed by atoms with E-state index in [0.717, 1.165) is 17.7 Å². The van der Waals surface area contributed by atoms with Crippen molar-refractivity contribution in [3.63, 3.8) is 0 Å². The third-order valence-corrected chi connectivity index (χ3v) is 3.18. The highest BCUT2D eigenvalue weighted by Crippen LogP contribution is 2.29. The Labute approximate surface area is 94.8 Å². The van der Waals surface area contributed by atoms with E-state index in [2.05, 4.69) is 25.3 Å². The van der Waals surface area contributed by atoms with Crippen molar-refractivity contribution in [3.8, 4) is 0 Å². The zero-order chi connectivity index (χ0) is 12.4. The van der Waals surface area contributed by atoms with Crippen LogP contribution in [0.1, 0.15) is 11.1 Å².